The van der Waals surface area contributed by atoms with E-state index in [4.69, 9.17) is 23.1 Å². The summed E-state index contributed by atoms with van der Waals surface area (Å²) in [5.74, 6) is -0.0583. The van der Waals surface area contributed by atoms with Gasteiger partial charge in [0, 0.05) is 0 Å². The lowest BCUT2D eigenvalue weighted by molar-refractivity contribution is 0.841. The fourth-order valence-corrected chi connectivity index (χ4v) is 2.32. The lowest BCUT2D eigenvalue weighted by Gasteiger charge is -2.05. The van der Waals surface area contributed by atoms with E-state index in [1.807, 2.05) is 18.2 Å². The van der Waals surface area contributed by atoms with E-state index in [0.29, 0.717) is 0 Å². The van der Waals surface area contributed by atoms with Crippen molar-refractivity contribution in [3.63, 3.8) is 0 Å². The van der Waals surface area contributed by atoms with E-state index in [-0.39, 0.29) is 5.96 Å². The van der Waals surface area contributed by atoms with Crippen molar-refractivity contribution >= 4 is 28.8 Å². The maximum Gasteiger partial charge on any atom is 0.211 e. The molecule has 18 heavy (non-hydrogen) atoms. The van der Waals surface area contributed by atoms with Gasteiger partial charge in [0.2, 0.25) is 5.96 Å². The average Bonchev–Trinajstić information content (AvgIpc) is 2.50. The molecule has 1 aromatic rings. The van der Waals surface area contributed by atoms with E-state index in [2.05, 4.69) is 16.3 Å². The number of rotatable bonds is 2. The SMILES string of the molecule is NC(N)=N/N=C/C1=C(Cl)c2ccccc2CCC1. The van der Waals surface area contributed by atoms with Crippen molar-refractivity contribution in [3.05, 3.63) is 41.0 Å². The zero-order valence-electron chi connectivity index (χ0n) is 9.94. The van der Waals surface area contributed by atoms with Gasteiger partial charge < -0.3 is 11.5 Å². The summed E-state index contributed by atoms with van der Waals surface area (Å²) < 4.78 is 0. The Morgan fingerprint density at radius 1 is 1.22 bits per heavy atom. The first-order valence-corrected chi connectivity index (χ1v) is 6.15. The van der Waals surface area contributed by atoms with Crippen LogP contribution in [0.25, 0.3) is 5.03 Å². The van der Waals surface area contributed by atoms with Crippen LogP contribution in [0.1, 0.15) is 24.0 Å². The maximum atomic E-state index is 6.41. The van der Waals surface area contributed by atoms with Crippen LogP contribution in [0.4, 0.5) is 0 Å². The molecule has 0 fully saturated rings. The molecule has 0 atom stereocenters. The van der Waals surface area contributed by atoms with Crippen molar-refractivity contribution in [3.8, 4) is 0 Å². The largest absolute Gasteiger partial charge is 0.369 e. The lowest BCUT2D eigenvalue weighted by Crippen LogP contribution is -2.21. The van der Waals surface area contributed by atoms with Crippen LogP contribution in [0.5, 0.6) is 0 Å². The Morgan fingerprint density at radius 2 is 2.00 bits per heavy atom. The molecule has 0 aliphatic heterocycles. The maximum absolute atomic E-state index is 6.41. The van der Waals surface area contributed by atoms with Gasteiger partial charge in [-0.05, 0) is 36.0 Å². The third-order valence-corrected chi connectivity index (χ3v) is 3.26. The molecule has 0 saturated heterocycles. The molecule has 0 spiro atoms. The summed E-state index contributed by atoms with van der Waals surface area (Å²) in [5, 5.41) is 8.15. The van der Waals surface area contributed by atoms with Gasteiger partial charge in [0.15, 0.2) is 0 Å². The molecule has 4 N–H and O–H groups in total. The molecule has 1 aliphatic carbocycles. The van der Waals surface area contributed by atoms with Gasteiger partial charge in [-0.3, -0.25) is 0 Å². The van der Waals surface area contributed by atoms with E-state index in [1.54, 1.807) is 6.21 Å². The summed E-state index contributed by atoms with van der Waals surface area (Å²) in [7, 11) is 0. The number of hydrogen-bond donors (Lipinski definition) is 2. The molecule has 0 unspecified atom stereocenters. The van der Waals surface area contributed by atoms with Gasteiger partial charge in [0.05, 0.1) is 11.2 Å². The second-order valence-corrected chi connectivity index (χ2v) is 4.50. The summed E-state index contributed by atoms with van der Waals surface area (Å²) in [6.45, 7) is 0. The molecule has 0 bridgehead atoms. The Bertz CT molecular complexity index is 528. The third kappa shape index (κ3) is 2.90. The van der Waals surface area contributed by atoms with Crippen molar-refractivity contribution < 1.29 is 0 Å². The highest BCUT2D eigenvalue weighted by Crippen LogP contribution is 2.31. The molecule has 4 nitrogen and oxygen atoms in total. The summed E-state index contributed by atoms with van der Waals surface area (Å²) in [4.78, 5) is 0. The van der Waals surface area contributed by atoms with Crippen LogP contribution in [-0.4, -0.2) is 12.2 Å². The first-order valence-electron chi connectivity index (χ1n) is 5.77. The van der Waals surface area contributed by atoms with Crippen LogP contribution in [0.3, 0.4) is 0 Å². The van der Waals surface area contributed by atoms with Gasteiger partial charge in [0.25, 0.3) is 0 Å². The summed E-state index contributed by atoms with van der Waals surface area (Å²) in [5.41, 5.74) is 13.7. The highest BCUT2D eigenvalue weighted by molar-refractivity contribution is 6.50. The topological polar surface area (TPSA) is 76.8 Å². The van der Waals surface area contributed by atoms with Crippen molar-refractivity contribution in [1.29, 1.82) is 0 Å². The van der Waals surface area contributed by atoms with Crippen LogP contribution in [0.15, 0.2) is 40.0 Å². The van der Waals surface area contributed by atoms with Crippen molar-refractivity contribution in [2.24, 2.45) is 21.7 Å². The van der Waals surface area contributed by atoms with Gasteiger partial charge in [-0.1, -0.05) is 35.9 Å². The number of guanidine groups is 1. The fourth-order valence-electron chi connectivity index (χ4n) is 1.99. The standard InChI is InChI=1S/C13H15ClN4/c14-12-10(8-17-18-13(15)16)6-3-5-9-4-1-2-7-11(9)12/h1-2,4,7-8H,3,5-6H2,(H4,15,16,18)/b17-8+. The molecule has 0 amide bonds. The van der Waals surface area contributed by atoms with E-state index >= 15 is 0 Å². The zero-order valence-corrected chi connectivity index (χ0v) is 10.7. The monoisotopic (exact) mass is 262 g/mol. The van der Waals surface area contributed by atoms with Crippen molar-refractivity contribution in [1.82, 2.24) is 0 Å². The number of nitrogens with zero attached hydrogens (tertiary/aromatic N) is 2. The molecular formula is C13H15ClN4. The highest BCUT2D eigenvalue weighted by atomic mass is 35.5. The molecule has 1 aliphatic rings. The van der Waals surface area contributed by atoms with E-state index in [1.165, 1.54) is 5.56 Å². The lowest BCUT2D eigenvalue weighted by atomic mass is 10.0. The molecular weight excluding hydrogens is 248 g/mol. The predicted molar refractivity (Wildman–Crippen MR) is 76.5 cm³/mol. The minimum Gasteiger partial charge on any atom is -0.369 e. The number of benzene rings is 1. The van der Waals surface area contributed by atoms with Gasteiger partial charge >= 0.3 is 0 Å². The molecule has 0 heterocycles. The third-order valence-electron chi connectivity index (χ3n) is 2.81. The number of halogens is 1. The van der Waals surface area contributed by atoms with E-state index in [0.717, 1.165) is 35.4 Å². The van der Waals surface area contributed by atoms with E-state index in [9.17, 15) is 0 Å². The minimum absolute atomic E-state index is 0.0583. The fraction of sp³-hybridized carbons (Fsp3) is 0.231. The number of hydrogen-bond acceptors (Lipinski definition) is 2. The predicted octanol–water partition coefficient (Wildman–Crippen LogP) is 2.23. The molecule has 2 rings (SSSR count). The number of fused-ring (bicyclic) bond motifs is 1. The Morgan fingerprint density at radius 3 is 2.78 bits per heavy atom. The molecule has 5 heteroatoms. The molecule has 1 aromatic carbocycles. The second-order valence-electron chi connectivity index (χ2n) is 4.12. The number of nitrogens with two attached hydrogens (primary N) is 2. The average molecular weight is 263 g/mol. The second kappa shape index (κ2) is 5.69. The highest BCUT2D eigenvalue weighted by Gasteiger charge is 2.13. The Labute approximate surface area is 111 Å². The zero-order chi connectivity index (χ0) is 13.0. The first kappa shape index (κ1) is 12.6. The van der Waals surface area contributed by atoms with Gasteiger partial charge in [-0.15, -0.1) is 5.10 Å². The normalized spacial score (nSPS) is 15.4. The van der Waals surface area contributed by atoms with Gasteiger partial charge in [0.1, 0.15) is 0 Å². The molecule has 0 saturated carbocycles. The summed E-state index contributed by atoms with van der Waals surface area (Å²) in [6, 6.07) is 8.14. The van der Waals surface area contributed by atoms with Crippen LogP contribution in [0.2, 0.25) is 0 Å². The Kier molecular flexibility index (Phi) is 3.99. The van der Waals surface area contributed by atoms with Crippen LogP contribution in [0, 0.1) is 0 Å². The van der Waals surface area contributed by atoms with Gasteiger partial charge in [-0.25, -0.2) is 0 Å². The first-order chi connectivity index (χ1) is 8.68. The molecule has 0 radical (unpaired) electrons. The molecule has 0 aromatic heterocycles. The van der Waals surface area contributed by atoms with Crippen LogP contribution in [-0.2, 0) is 6.42 Å². The number of allylic oxidation sites excluding steroid dienone is 1. The van der Waals surface area contributed by atoms with Crippen LogP contribution >= 0.6 is 11.6 Å². The Balaban J connectivity index is 2.36. The number of aryl methyl sites for hydroxylation is 1. The van der Waals surface area contributed by atoms with Crippen LogP contribution < -0.4 is 11.5 Å². The molecule has 94 valence electrons. The van der Waals surface area contributed by atoms with Crippen molar-refractivity contribution in [2.45, 2.75) is 19.3 Å². The Hall–Kier alpha value is -1.81. The minimum atomic E-state index is -0.0583. The summed E-state index contributed by atoms with van der Waals surface area (Å²) >= 11 is 6.41. The summed E-state index contributed by atoms with van der Waals surface area (Å²) in [6.07, 6.45) is 4.56. The van der Waals surface area contributed by atoms with Gasteiger partial charge in [-0.2, -0.15) is 5.10 Å². The quantitative estimate of drug-likeness (QED) is 0.487. The smallest absolute Gasteiger partial charge is 0.211 e. The van der Waals surface area contributed by atoms with E-state index < -0.39 is 0 Å². The van der Waals surface area contributed by atoms with Crippen molar-refractivity contribution in [2.75, 3.05) is 0 Å².